The number of ether oxygens (including phenoxy) is 1. The summed E-state index contributed by atoms with van der Waals surface area (Å²) in [7, 11) is -4.10. The molecule has 17 nitrogen and oxygen atoms in total. The van der Waals surface area contributed by atoms with Crippen LogP contribution in [0.15, 0.2) is 61.2 Å². The lowest BCUT2D eigenvalue weighted by Gasteiger charge is -2.16. The molecule has 3 aliphatic rings. The number of hydrogen-bond donors (Lipinski definition) is 5. The van der Waals surface area contributed by atoms with Crippen molar-refractivity contribution in [3.63, 3.8) is 0 Å². The average Bonchev–Trinajstić information content (AvgIpc) is 3.64. The first-order valence-electron chi connectivity index (χ1n) is 17.9. The Labute approximate surface area is 364 Å². The number of benzene rings is 2. The van der Waals surface area contributed by atoms with E-state index in [-0.39, 0.29) is 44.8 Å². The summed E-state index contributed by atoms with van der Waals surface area (Å²) in [5.74, 6) is -4.16. The van der Waals surface area contributed by atoms with Crippen molar-refractivity contribution >= 4 is 113 Å². The van der Waals surface area contributed by atoms with Crippen LogP contribution in [0.1, 0.15) is 51.0 Å². The highest BCUT2D eigenvalue weighted by Crippen LogP contribution is 2.37. The Kier molecular flexibility index (Phi) is 17.9. The van der Waals surface area contributed by atoms with Crippen LogP contribution in [0.3, 0.4) is 0 Å². The minimum atomic E-state index is -4.10. The maximum Gasteiger partial charge on any atom is 0.349 e. The fourth-order valence-electron chi connectivity index (χ4n) is 5.83. The van der Waals surface area contributed by atoms with Gasteiger partial charge in [0, 0.05) is 34.2 Å². The van der Waals surface area contributed by atoms with Gasteiger partial charge in [-0.1, -0.05) is 34.8 Å². The van der Waals surface area contributed by atoms with Crippen molar-refractivity contribution in [2.24, 2.45) is 4.99 Å². The van der Waals surface area contributed by atoms with Gasteiger partial charge in [0.15, 0.2) is 0 Å². The van der Waals surface area contributed by atoms with Crippen molar-refractivity contribution in [3.8, 4) is 0 Å². The third-order valence-electron chi connectivity index (χ3n) is 8.43. The number of rotatable bonds is 12. The molecule has 0 saturated heterocycles. The van der Waals surface area contributed by atoms with Crippen molar-refractivity contribution in [2.45, 2.75) is 63.4 Å². The van der Waals surface area contributed by atoms with Gasteiger partial charge < -0.3 is 24.7 Å². The van der Waals surface area contributed by atoms with Gasteiger partial charge >= 0.3 is 30.4 Å². The van der Waals surface area contributed by atoms with Crippen LogP contribution in [-0.2, 0) is 46.4 Å². The first-order chi connectivity index (χ1) is 28.3. The van der Waals surface area contributed by atoms with Gasteiger partial charge in [0.2, 0.25) is 4.80 Å². The molecule has 0 fully saturated rings. The molecule has 0 radical (unpaired) electrons. The molecule has 0 unspecified atom stereocenters. The molecule has 0 bridgehead atoms. The zero-order valence-corrected chi connectivity index (χ0v) is 36.4. The van der Waals surface area contributed by atoms with Crippen LogP contribution in [0.4, 0.5) is 15.8 Å². The molecule has 6 rings (SSSR count). The lowest BCUT2D eigenvalue weighted by molar-refractivity contribution is -0.138. The van der Waals surface area contributed by atoms with E-state index in [2.05, 4.69) is 10.3 Å². The fourth-order valence-corrected chi connectivity index (χ4v) is 8.46. The Hall–Kier alpha value is -4.11. The van der Waals surface area contributed by atoms with E-state index in [0.29, 0.717) is 63.0 Å². The molecule has 2 aromatic carbocycles. The van der Waals surface area contributed by atoms with Gasteiger partial charge in [-0.2, -0.15) is 0 Å². The number of carboxylic acid groups (broad SMARTS) is 2. The van der Waals surface area contributed by atoms with Gasteiger partial charge in [-0.05, 0) is 98.8 Å². The number of imide groups is 1. The van der Waals surface area contributed by atoms with Crippen LogP contribution < -0.4 is 19.9 Å². The third kappa shape index (κ3) is 13.4. The maximum absolute atomic E-state index is 14.2. The number of carbonyl (C=O) groups excluding carboxylic acids is 3. The highest BCUT2D eigenvalue weighted by atomic mass is 35.5. The first kappa shape index (κ1) is 48.6. The van der Waals surface area contributed by atoms with Crippen molar-refractivity contribution in [1.29, 1.82) is 0 Å². The lowest BCUT2D eigenvalue weighted by atomic mass is 9.93. The van der Waals surface area contributed by atoms with Crippen molar-refractivity contribution in [3.05, 3.63) is 82.4 Å². The van der Waals surface area contributed by atoms with Gasteiger partial charge in [-0.3, -0.25) is 38.5 Å². The van der Waals surface area contributed by atoms with E-state index < -0.39 is 44.2 Å². The molecule has 3 aromatic rings. The first-order valence-corrected chi connectivity index (χ1v) is 22.7. The van der Waals surface area contributed by atoms with Crippen molar-refractivity contribution in [1.82, 2.24) is 14.7 Å². The highest BCUT2D eigenvalue weighted by molar-refractivity contribution is 8.00. The van der Waals surface area contributed by atoms with Crippen LogP contribution in [0.25, 0.3) is 6.08 Å². The molecule has 0 atom stereocenters. The molecule has 2 aliphatic heterocycles. The molecule has 1 aromatic heterocycles. The Morgan fingerprint density at radius 1 is 0.967 bits per heavy atom. The van der Waals surface area contributed by atoms with Crippen LogP contribution >= 0.6 is 65.5 Å². The Bertz CT molecular complexity index is 2380. The SMILES string of the molecule is CCOC(=O)/C(Cl)=C/c1cc(N2C(=O)C3=C(CCCC3)C2=O)ccc1Cl.O=C(O)CNCP(=O)(O)O.O=C(O)CSc1cc(N=c2sc(=O)n3n2CCCC3)c(F)cc1Cl. The molecule has 0 spiro atoms. The minimum Gasteiger partial charge on any atom is -0.481 e. The number of aromatic nitrogens is 2. The highest BCUT2D eigenvalue weighted by Gasteiger charge is 2.39. The molecule has 0 saturated carbocycles. The van der Waals surface area contributed by atoms with Gasteiger partial charge in [-0.15, -0.1) is 11.8 Å². The summed E-state index contributed by atoms with van der Waals surface area (Å²) in [5.41, 5.74) is 2.08. The van der Waals surface area contributed by atoms with E-state index in [0.717, 1.165) is 54.8 Å². The summed E-state index contributed by atoms with van der Waals surface area (Å²) in [6, 6.07) is 7.26. The summed E-state index contributed by atoms with van der Waals surface area (Å²) in [5, 5.41) is 19.2. The smallest absolute Gasteiger partial charge is 0.349 e. The van der Waals surface area contributed by atoms with Gasteiger partial charge in [-0.25, -0.2) is 23.8 Å². The van der Waals surface area contributed by atoms with E-state index >= 15 is 0 Å². The number of anilines is 1. The van der Waals surface area contributed by atoms with E-state index in [9.17, 15) is 37.7 Å². The molecular weight excluding hydrogens is 915 g/mol. The molecule has 1 aliphatic carbocycles. The van der Waals surface area contributed by atoms with Crippen molar-refractivity contribution in [2.75, 3.05) is 30.1 Å². The normalized spacial score (nSPS) is 15.4. The third-order valence-corrected chi connectivity index (χ3v) is 12.0. The number of carboxylic acids is 2. The number of nitrogens with zero attached hydrogens (tertiary/aromatic N) is 4. The molecule has 5 N–H and O–H groups in total. The van der Waals surface area contributed by atoms with Crippen LogP contribution in [0, 0.1) is 5.82 Å². The molecule has 24 heteroatoms. The second-order valence-corrected chi connectivity index (χ2v) is 17.6. The number of halogens is 4. The summed E-state index contributed by atoms with van der Waals surface area (Å²) in [4.78, 5) is 92.0. The zero-order chi connectivity index (χ0) is 44.3. The quantitative estimate of drug-likeness (QED) is 0.0479. The Morgan fingerprint density at radius 2 is 1.60 bits per heavy atom. The number of esters is 1. The predicted molar refractivity (Wildman–Crippen MR) is 223 cm³/mol. The monoisotopic (exact) mass is 951 g/mol. The molecule has 2 amide bonds. The largest absolute Gasteiger partial charge is 0.481 e. The number of hydrogen-bond acceptors (Lipinski definition) is 12. The van der Waals surface area contributed by atoms with E-state index in [1.54, 1.807) is 34.5 Å². The van der Waals surface area contributed by atoms with E-state index in [4.69, 9.17) is 59.5 Å². The standard InChI is InChI=1S/C19H17Cl2NO4.C14H13ClFN3O3S2.C3H8NO5P/c1-2-26-19(25)16(21)10-11-9-12(7-8-15(11)20)22-17(23)13-5-3-4-6-14(13)18(22)24;15-8-5-9(16)10(6-11(8)23-7-12(20)21)17-13-18-3-1-2-4-19(18)14(22)24-13;5-3(6)1-4-2-10(7,8)9/h7-10H,2-6H2,1H3;5-6H,1-4,7H2,(H,20,21);4H,1-2H2,(H,5,6)(H2,7,8,9)/b16-10-;;. The Morgan fingerprint density at radius 3 is 2.18 bits per heavy atom. The molecule has 60 heavy (non-hydrogen) atoms. The van der Waals surface area contributed by atoms with Crippen molar-refractivity contribution < 1.29 is 57.7 Å². The number of fused-ring (bicyclic) bond motifs is 1. The van der Waals surface area contributed by atoms with Gasteiger partial charge in [0.05, 0.1) is 35.9 Å². The van der Waals surface area contributed by atoms with Crippen LogP contribution in [-0.4, -0.2) is 84.3 Å². The Balaban J connectivity index is 0.000000217. The zero-order valence-electron chi connectivity index (χ0n) is 31.6. The predicted octanol–water partition coefficient (Wildman–Crippen LogP) is 5.73. The van der Waals surface area contributed by atoms with Crippen LogP contribution in [0.2, 0.25) is 10.0 Å². The lowest BCUT2D eigenvalue weighted by Crippen LogP contribution is -2.31. The average molecular weight is 953 g/mol. The minimum absolute atomic E-state index is 0.0370. The summed E-state index contributed by atoms with van der Waals surface area (Å²) in [6.45, 7) is 2.73. The second kappa shape index (κ2) is 22.1. The number of nitrogens with one attached hydrogen (secondary N) is 1. The summed E-state index contributed by atoms with van der Waals surface area (Å²) < 4.78 is 32.4. The van der Waals surface area contributed by atoms with Gasteiger partial charge in [0.1, 0.15) is 16.5 Å². The summed E-state index contributed by atoms with van der Waals surface area (Å²) in [6.07, 6.45) is 5.72. The molecule has 324 valence electrons. The number of aliphatic carboxylic acids is 2. The van der Waals surface area contributed by atoms with E-state index in [1.807, 2.05) is 0 Å². The number of carbonyl (C=O) groups is 5. The maximum atomic E-state index is 14.2. The van der Waals surface area contributed by atoms with Crippen LogP contribution in [0.5, 0.6) is 0 Å². The molecule has 3 heterocycles. The summed E-state index contributed by atoms with van der Waals surface area (Å²) >= 11 is 20.0. The number of thioether (sulfide) groups is 1. The molecular formula is C36H38Cl3FN5O12PS2. The number of amides is 2. The van der Waals surface area contributed by atoms with E-state index in [1.165, 1.54) is 17.0 Å². The topological polar surface area (TPSA) is 247 Å². The second-order valence-electron chi connectivity index (χ2n) is 12.8. The van der Waals surface area contributed by atoms with Gasteiger partial charge in [0.25, 0.3) is 11.8 Å². The fraction of sp³-hybridized carbons (Fsp3) is 0.361.